The topological polar surface area (TPSA) is 258 Å². The summed E-state index contributed by atoms with van der Waals surface area (Å²) in [7, 11) is 5.65. The minimum atomic E-state index is -1.22. The molecule has 0 saturated carbocycles. The van der Waals surface area contributed by atoms with Crippen molar-refractivity contribution in [1.29, 1.82) is 0 Å². The van der Waals surface area contributed by atoms with E-state index in [-0.39, 0.29) is 68.9 Å². The third-order valence-corrected chi connectivity index (χ3v) is 14.2. The lowest BCUT2D eigenvalue weighted by molar-refractivity contribution is -0.150. The van der Waals surface area contributed by atoms with Gasteiger partial charge in [0.2, 0.25) is 59.1 Å². The monoisotopic (exact) mass is 1000 g/mol. The van der Waals surface area contributed by atoms with E-state index in [0.29, 0.717) is 12.8 Å². The number of carbonyl (C=O) groups excluding carboxylic acids is 10. The number of rotatable bonds is 8. The smallest absolute Gasteiger partial charge is 0.245 e. The predicted octanol–water partition coefficient (Wildman–Crippen LogP) is 0.464. The molecule has 0 radical (unpaired) electrons. The summed E-state index contributed by atoms with van der Waals surface area (Å²) < 4.78 is 0. The van der Waals surface area contributed by atoms with E-state index in [0.717, 1.165) is 4.90 Å². The van der Waals surface area contributed by atoms with E-state index in [1.165, 1.54) is 80.4 Å². The van der Waals surface area contributed by atoms with Gasteiger partial charge in [-0.15, -0.1) is 0 Å². The van der Waals surface area contributed by atoms with Crippen LogP contribution in [0.4, 0.5) is 0 Å². The van der Waals surface area contributed by atoms with Crippen LogP contribution >= 0.6 is 0 Å². The van der Waals surface area contributed by atoms with Gasteiger partial charge in [0.1, 0.15) is 60.4 Å². The molecule has 0 aromatic rings. The molecule has 3 aliphatic rings. The molecule has 21 heteroatoms. The number of aliphatic hydroxyl groups excluding tert-OH is 1. The summed E-state index contributed by atoms with van der Waals surface area (Å²) in [4.78, 5) is 149. The summed E-state index contributed by atoms with van der Waals surface area (Å²) in [5.74, 6) is -6.58. The molecule has 402 valence electrons. The summed E-state index contributed by atoms with van der Waals surface area (Å²) in [6.45, 7) is 20.8. The van der Waals surface area contributed by atoms with Crippen molar-refractivity contribution in [3.05, 3.63) is 0 Å². The van der Waals surface area contributed by atoms with E-state index in [2.05, 4.69) is 21.3 Å². The molecule has 0 unspecified atom stereocenters. The summed E-state index contributed by atoms with van der Waals surface area (Å²) >= 11 is 0. The molecule has 0 aliphatic carbocycles. The Labute approximate surface area is 421 Å². The predicted molar refractivity (Wildman–Crippen MR) is 265 cm³/mol. The highest BCUT2D eigenvalue weighted by Crippen LogP contribution is 2.26. The Bertz CT molecular complexity index is 1960. The van der Waals surface area contributed by atoms with Gasteiger partial charge in [-0.1, -0.05) is 55.4 Å². The van der Waals surface area contributed by atoms with Crippen molar-refractivity contribution in [2.24, 2.45) is 23.7 Å². The van der Waals surface area contributed by atoms with Gasteiger partial charge in [-0.2, -0.15) is 0 Å². The lowest BCUT2D eigenvalue weighted by Crippen LogP contribution is -2.61. The van der Waals surface area contributed by atoms with Gasteiger partial charge in [0.15, 0.2) is 0 Å². The first kappa shape index (κ1) is 60.0. The summed E-state index contributed by atoms with van der Waals surface area (Å²) in [5.41, 5.74) is 0. The van der Waals surface area contributed by atoms with Gasteiger partial charge in [0.25, 0.3) is 0 Å². The number of carbonyl (C=O) groups is 10. The van der Waals surface area contributed by atoms with Crippen molar-refractivity contribution >= 4 is 59.1 Å². The van der Waals surface area contributed by atoms with Crippen LogP contribution in [-0.2, 0) is 47.9 Å². The molecule has 0 spiro atoms. The van der Waals surface area contributed by atoms with Crippen LogP contribution in [0, 0.1) is 23.7 Å². The van der Waals surface area contributed by atoms with Crippen LogP contribution in [0.1, 0.15) is 128 Å². The number of hydrogen-bond donors (Lipinski definition) is 5. The molecule has 3 rings (SSSR count). The second-order valence-corrected chi connectivity index (χ2v) is 21.8. The number of nitrogens with one attached hydrogen (secondary N) is 4. The zero-order valence-corrected chi connectivity index (χ0v) is 45.2. The molecule has 71 heavy (non-hydrogen) atoms. The molecular formula is C50H86N10O11. The summed E-state index contributed by atoms with van der Waals surface area (Å²) in [6.07, 6.45) is 0.228. The van der Waals surface area contributed by atoms with E-state index < -0.39 is 126 Å². The third-order valence-electron chi connectivity index (χ3n) is 14.2. The largest absolute Gasteiger partial charge is 0.391 e. The number of aliphatic hydroxyl groups is 1. The van der Waals surface area contributed by atoms with Crippen molar-refractivity contribution < 1.29 is 53.1 Å². The SMILES string of the molecule is CC(C)C[C@@H]1NC(=O)[C@H](C)N(C)C(=O)[C@H]2CCCN2C(=O)[C@H](CC(C)C)NC(=O)[C@H](C)N(C)C(=O)[C@H](CC(C)C)NC(=O)[C@H](C)N(C)C(=O)[C@@H]2C[C@@H](O)CN2C(=O)[C@H](CC(C)C)NC(=O)[C@H](C)N(C)C1=O. The molecule has 3 fully saturated rings. The Balaban J connectivity index is 2.13. The standard InChI is InChI=1S/C50H86N10O11/c1-26(2)20-35-45(66)56(14)31(10)42(63)54-38(23-29(7)8)48(69)60-25-34(61)24-40(60)50(71)58(16)33(12)44(65)52-36(21-27(3)4)46(67)55(13)30(9)41(62)53-37(22-28(5)6)47(68)59-19-17-18-39(59)49(70)57(15)32(11)43(64)51-35/h26-40,61H,17-25H2,1-16H3,(H,51,64)(H,52,65)(H,53,62)(H,54,63)/t30-,31-,32-,33-,34+,35-,36-,37-,38-,39+,40-/m0/s1. The average molecular weight is 1000 g/mol. The van der Waals surface area contributed by atoms with Crippen LogP contribution in [0.5, 0.6) is 0 Å². The minimum Gasteiger partial charge on any atom is -0.391 e. The Morgan fingerprint density at radius 2 is 0.718 bits per heavy atom. The fourth-order valence-electron chi connectivity index (χ4n) is 9.35. The van der Waals surface area contributed by atoms with Gasteiger partial charge in [0, 0.05) is 47.7 Å². The van der Waals surface area contributed by atoms with Crippen LogP contribution < -0.4 is 21.3 Å². The molecule has 0 aromatic carbocycles. The molecule has 3 heterocycles. The molecular weight excluding hydrogens is 917 g/mol. The van der Waals surface area contributed by atoms with Gasteiger partial charge in [-0.25, -0.2) is 0 Å². The van der Waals surface area contributed by atoms with E-state index in [9.17, 15) is 53.1 Å². The van der Waals surface area contributed by atoms with E-state index in [1.54, 1.807) is 0 Å². The highest BCUT2D eigenvalue weighted by Gasteiger charge is 2.46. The fourth-order valence-corrected chi connectivity index (χ4v) is 9.35. The minimum absolute atomic E-state index is 0.0791. The van der Waals surface area contributed by atoms with Gasteiger partial charge in [-0.05, 0) is 89.9 Å². The maximum Gasteiger partial charge on any atom is 0.245 e. The average Bonchev–Trinajstić information content (AvgIpc) is 3.95. The Hall–Kier alpha value is -5.34. The first-order chi connectivity index (χ1) is 32.9. The highest BCUT2D eigenvalue weighted by molar-refractivity contribution is 5.99. The van der Waals surface area contributed by atoms with Crippen molar-refractivity contribution in [3.8, 4) is 0 Å². The van der Waals surface area contributed by atoms with E-state index in [4.69, 9.17) is 0 Å². The molecule has 11 atom stereocenters. The summed E-state index contributed by atoms with van der Waals surface area (Å²) in [5, 5.41) is 22.1. The van der Waals surface area contributed by atoms with Crippen molar-refractivity contribution in [3.63, 3.8) is 0 Å². The maximum atomic E-state index is 14.4. The quantitative estimate of drug-likeness (QED) is 0.223. The van der Waals surface area contributed by atoms with Crippen molar-refractivity contribution in [2.75, 3.05) is 41.3 Å². The second-order valence-electron chi connectivity index (χ2n) is 21.8. The van der Waals surface area contributed by atoms with E-state index >= 15 is 0 Å². The first-order valence-corrected chi connectivity index (χ1v) is 25.5. The van der Waals surface area contributed by atoms with E-state index in [1.807, 2.05) is 55.4 Å². The molecule has 10 amide bonds. The molecule has 5 N–H and O–H groups in total. The summed E-state index contributed by atoms with van der Waals surface area (Å²) in [6, 6.07) is -11.3. The molecule has 3 aliphatic heterocycles. The Morgan fingerprint density at radius 3 is 1.04 bits per heavy atom. The molecule has 0 aromatic heterocycles. The molecule has 0 bridgehead atoms. The number of nitrogens with zero attached hydrogens (tertiary/aromatic N) is 6. The van der Waals surface area contributed by atoms with Gasteiger partial charge < -0.3 is 55.8 Å². The van der Waals surface area contributed by atoms with Crippen molar-refractivity contribution in [1.82, 2.24) is 50.7 Å². The highest BCUT2D eigenvalue weighted by atomic mass is 16.3. The first-order valence-electron chi connectivity index (χ1n) is 25.5. The van der Waals surface area contributed by atoms with Gasteiger partial charge in [0.05, 0.1) is 6.10 Å². The normalized spacial score (nSPS) is 30.6. The lowest BCUT2D eigenvalue weighted by Gasteiger charge is -2.36. The fraction of sp³-hybridized carbons (Fsp3) is 0.800. The maximum absolute atomic E-state index is 14.4. The van der Waals surface area contributed by atoms with Crippen LogP contribution in [0.2, 0.25) is 0 Å². The molecule has 3 saturated heterocycles. The second kappa shape index (κ2) is 25.9. The lowest BCUT2D eigenvalue weighted by atomic mass is 10.00. The number of fused-ring (bicyclic) bond motifs is 2. The Kier molecular flexibility index (Phi) is 21.8. The molecule has 21 nitrogen and oxygen atoms in total. The zero-order valence-electron chi connectivity index (χ0n) is 45.2. The number of likely N-dealkylation sites (N-methyl/N-ethyl adjacent to an activating group) is 4. The zero-order chi connectivity index (χ0) is 54.1. The Morgan fingerprint density at radius 1 is 0.437 bits per heavy atom. The van der Waals surface area contributed by atoms with Crippen molar-refractivity contribution in [2.45, 2.75) is 195 Å². The van der Waals surface area contributed by atoms with Gasteiger partial charge >= 0.3 is 0 Å². The van der Waals surface area contributed by atoms with Crippen LogP contribution in [0.15, 0.2) is 0 Å². The van der Waals surface area contributed by atoms with Crippen LogP contribution in [0.25, 0.3) is 0 Å². The third kappa shape index (κ3) is 15.3. The van der Waals surface area contributed by atoms with Crippen LogP contribution in [-0.4, -0.2) is 201 Å². The van der Waals surface area contributed by atoms with Crippen LogP contribution in [0.3, 0.4) is 0 Å². The number of amides is 10. The number of hydrogen-bond acceptors (Lipinski definition) is 11. The van der Waals surface area contributed by atoms with Gasteiger partial charge in [-0.3, -0.25) is 47.9 Å².